The fourth-order valence-corrected chi connectivity index (χ4v) is 6.41. The number of sulfone groups is 1. The van der Waals surface area contributed by atoms with Crippen LogP contribution in [0.5, 0.6) is 0 Å². The third-order valence-corrected chi connectivity index (χ3v) is 9.15. The van der Waals surface area contributed by atoms with E-state index in [0.717, 1.165) is 24.8 Å². The molecule has 2 aromatic rings. The first-order chi connectivity index (χ1) is 16.2. The Morgan fingerprint density at radius 2 is 1.24 bits per heavy atom. The van der Waals surface area contributed by atoms with Gasteiger partial charge in [-0.3, -0.25) is 4.18 Å². The monoisotopic (exact) mass is 508 g/mol. The van der Waals surface area contributed by atoms with Gasteiger partial charge in [-0.05, 0) is 44.0 Å². The van der Waals surface area contributed by atoms with E-state index in [-0.39, 0.29) is 22.0 Å². The summed E-state index contributed by atoms with van der Waals surface area (Å²) in [5, 5.41) is 0. The second kappa shape index (κ2) is 14.6. The number of rotatable bonds is 17. The van der Waals surface area contributed by atoms with Crippen LogP contribution in [0.15, 0.2) is 64.4 Å². The Morgan fingerprint density at radius 3 is 1.82 bits per heavy atom. The van der Waals surface area contributed by atoms with Crippen molar-refractivity contribution in [2.75, 3.05) is 5.75 Å². The average Bonchev–Trinajstić information content (AvgIpc) is 2.82. The zero-order valence-corrected chi connectivity index (χ0v) is 22.2. The van der Waals surface area contributed by atoms with Gasteiger partial charge >= 0.3 is 0 Å². The van der Waals surface area contributed by atoms with Crippen molar-refractivity contribution in [3.8, 4) is 0 Å². The molecule has 0 N–H and O–H groups in total. The number of aryl methyl sites for hydroxylation is 1. The van der Waals surface area contributed by atoms with E-state index >= 15 is 0 Å². The van der Waals surface area contributed by atoms with Crippen molar-refractivity contribution in [2.24, 2.45) is 0 Å². The molecule has 2 rings (SSSR count). The van der Waals surface area contributed by atoms with E-state index in [9.17, 15) is 16.8 Å². The summed E-state index contributed by atoms with van der Waals surface area (Å²) in [4.78, 5) is 0.347. The standard InChI is InChI=1S/C27H40O5S2/c1-3-4-5-6-7-8-9-10-12-15-25(22-23-33(28,29)26-16-13-11-14-17-26)32-34(30,31)27-20-18-24(2)19-21-27/h11,13-14,16-21,25H,3-10,12,15,22-23H2,1-2H3/t25-/m1/s1. The fraction of sp³-hybridized carbons (Fsp3) is 0.556. The first-order valence-electron chi connectivity index (χ1n) is 12.5. The van der Waals surface area contributed by atoms with Gasteiger partial charge in [0.1, 0.15) is 0 Å². The molecule has 7 heteroatoms. The number of hydrogen-bond donors (Lipinski definition) is 0. The SMILES string of the molecule is CCCCCCCCCCC[C@H](CCS(=O)(=O)c1ccccc1)OS(=O)(=O)c1ccc(C)cc1. The molecule has 0 bridgehead atoms. The summed E-state index contributed by atoms with van der Waals surface area (Å²) < 4.78 is 56.7. The summed E-state index contributed by atoms with van der Waals surface area (Å²) >= 11 is 0. The van der Waals surface area contributed by atoms with Gasteiger partial charge in [0, 0.05) is 0 Å². The summed E-state index contributed by atoms with van der Waals surface area (Å²) in [5.41, 5.74) is 0.958. The highest BCUT2D eigenvalue weighted by Crippen LogP contribution is 2.22. The molecule has 5 nitrogen and oxygen atoms in total. The quantitative estimate of drug-likeness (QED) is 0.172. The molecule has 0 aromatic heterocycles. The Bertz CT molecular complexity index is 1030. The Kier molecular flexibility index (Phi) is 12.3. The highest BCUT2D eigenvalue weighted by Gasteiger charge is 2.24. The van der Waals surface area contributed by atoms with Gasteiger partial charge in [-0.2, -0.15) is 8.42 Å². The lowest BCUT2D eigenvalue weighted by atomic mass is 10.0. The van der Waals surface area contributed by atoms with Gasteiger partial charge in [0.2, 0.25) is 0 Å². The molecule has 0 saturated heterocycles. The lowest BCUT2D eigenvalue weighted by Crippen LogP contribution is -2.22. The summed E-state index contributed by atoms with van der Waals surface area (Å²) in [5.74, 6) is -0.150. The van der Waals surface area contributed by atoms with E-state index in [0.29, 0.717) is 6.42 Å². The summed E-state index contributed by atoms with van der Waals surface area (Å²) in [6, 6.07) is 14.8. The normalized spacial score (nSPS) is 13.1. The second-order valence-electron chi connectivity index (χ2n) is 9.02. The molecule has 0 fully saturated rings. The van der Waals surface area contributed by atoms with Crippen LogP contribution in [0.25, 0.3) is 0 Å². The molecule has 0 aliphatic rings. The number of benzene rings is 2. The highest BCUT2D eigenvalue weighted by atomic mass is 32.2. The van der Waals surface area contributed by atoms with E-state index in [1.165, 1.54) is 50.7 Å². The molecule has 0 saturated carbocycles. The molecular weight excluding hydrogens is 468 g/mol. The van der Waals surface area contributed by atoms with Gasteiger partial charge in [0.25, 0.3) is 10.1 Å². The molecule has 0 spiro atoms. The van der Waals surface area contributed by atoms with Crippen LogP contribution in [0.1, 0.15) is 83.1 Å². The summed E-state index contributed by atoms with van der Waals surface area (Å²) in [6.07, 6.45) is 10.4. The van der Waals surface area contributed by atoms with Crippen molar-refractivity contribution < 1.29 is 21.0 Å². The van der Waals surface area contributed by atoms with Crippen molar-refractivity contribution in [2.45, 2.75) is 100 Å². The fourth-order valence-electron chi connectivity index (χ4n) is 3.90. The third kappa shape index (κ3) is 10.3. The predicted molar refractivity (Wildman–Crippen MR) is 138 cm³/mol. The van der Waals surface area contributed by atoms with Gasteiger partial charge in [0.05, 0.1) is 21.6 Å². The molecule has 0 unspecified atom stereocenters. The van der Waals surface area contributed by atoms with E-state index in [1.54, 1.807) is 42.5 Å². The maximum absolute atomic E-state index is 12.8. The minimum atomic E-state index is -3.96. The molecule has 0 aliphatic carbocycles. The molecule has 1 atom stereocenters. The summed E-state index contributed by atoms with van der Waals surface area (Å²) in [6.45, 7) is 4.10. The van der Waals surface area contributed by atoms with Crippen LogP contribution < -0.4 is 0 Å². The molecule has 190 valence electrons. The average molecular weight is 509 g/mol. The second-order valence-corrected chi connectivity index (χ2v) is 12.7. The Hall–Kier alpha value is -1.70. The first-order valence-corrected chi connectivity index (χ1v) is 15.6. The Labute approximate surface area is 207 Å². The molecule has 0 aliphatic heterocycles. The molecule has 0 amide bonds. The zero-order valence-electron chi connectivity index (χ0n) is 20.6. The van der Waals surface area contributed by atoms with Crippen molar-refractivity contribution in [3.05, 3.63) is 60.2 Å². The van der Waals surface area contributed by atoms with Gasteiger partial charge in [-0.25, -0.2) is 8.42 Å². The number of unbranched alkanes of at least 4 members (excludes halogenated alkanes) is 8. The lowest BCUT2D eigenvalue weighted by Gasteiger charge is -2.18. The number of hydrogen-bond acceptors (Lipinski definition) is 5. The maximum Gasteiger partial charge on any atom is 0.297 e. The van der Waals surface area contributed by atoms with Gasteiger partial charge < -0.3 is 0 Å². The van der Waals surface area contributed by atoms with Gasteiger partial charge in [-0.15, -0.1) is 0 Å². The van der Waals surface area contributed by atoms with Crippen LogP contribution >= 0.6 is 0 Å². The predicted octanol–water partition coefficient (Wildman–Crippen LogP) is 6.85. The van der Waals surface area contributed by atoms with Crippen LogP contribution in [0, 0.1) is 6.92 Å². The van der Waals surface area contributed by atoms with Gasteiger partial charge in [0.15, 0.2) is 9.84 Å². The van der Waals surface area contributed by atoms with Crippen LogP contribution in [0.2, 0.25) is 0 Å². The minimum Gasteiger partial charge on any atom is -0.263 e. The lowest BCUT2D eigenvalue weighted by molar-refractivity contribution is 0.190. The van der Waals surface area contributed by atoms with Crippen LogP contribution in [-0.2, 0) is 24.1 Å². The smallest absolute Gasteiger partial charge is 0.263 e. The van der Waals surface area contributed by atoms with Crippen LogP contribution in [-0.4, -0.2) is 28.7 Å². The zero-order chi connectivity index (χ0) is 24.9. The highest BCUT2D eigenvalue weighted by molar-refractivity contribution is 7.91. The molecular formula is C27H40O5S2. The van der Waals surface area contributed by atoms with E-state index in [2.05, 4.69) is 6.92 Å². The van der Waals surface area contributed by atoms with Crippen LogP contribution in [0.3, 0.4) is 0 Å². The van der Waals surface area contributed by atoms with Crippen molar-refractivity contribution in [1.82, 2.24) is 0 Å². The molecule has 34 heavy (non-hydrogen) atoms. The molecule has 2 aromatic carbocycles. The Balaban J connectivity index is 1.95. The topological polar surface area (TPSA) is 77.5 Å². The largest absolute Gasteiger partial charge is 0.297 e. The summed E-state index contributed by atoms with van der Waals surface area (Å²) in [7, 11) is -7.47. The van der Waals surface area contributed by atoms with Crippen molar-refractivity contribution in [1.29, 1.82) is 0 Å². The van der Waals surface area contributed by atoms with E-state index in [4.69, 9.17) is 4.18 Å². The Morgan fingerprint density at radius 1 is 0.676 bits per heavy atom. The minimum absolute atomic E-state index is 0.0982. The van der Waals surface area contributed by atoms with Crippen LogP contribution in [0.4, 0.5) is 0 Å². The molecule has 0 radical (unpaired) electrons. The molecule has 0 heterocycles. The van der Waals surface area contributed by atoms with E-state index < -0.39 is 26.1 Å². The maximum atomic E-state index is 12.8. The van der Waals surface area contributed by atoms with Crippen molar-refractivity contribution >= 4 is 20.0 Å². The third-order valence-electron chi connectivity index (χ3n) is 6.01. The van der Waals surface area contributed by atoms with Gasteiger partial charge in [-0.1, -0.05) is 101 Å². The van der Waals surface area contributed by atoms with E-state index in [1.807, 2.05) is 6.92 Å². The van der Waals surface area contributed by atoms with Crippen molar-refractivity contribution in [3.63, 3.8) is 0 Å². The first kappa shape index (κ1) is 28.5.